The lowest BCUT2D eigenvalue weighted by Gasteiger charge is -1.86. The third-order valence-electron chi connectivity index (χ3n) is 1.17. The molecule has 1 aromatic heterocycles. The third-order valence-corrected chi connectivity index (χ3v) is 2.01. The molecule has 0 aliphatic rings. The Balaban J connectivity index is 2.59. The van der Waals surface area contributed by atoms with Crippen LogP contribution in [0.5, 0.6) is 0 Å². The van der Waals surface area contributed by atoms with E-state index in [0.717, 1.165) is 4.88 Å². The number of carbonyl (C=O) groups is 1. The SMILES string of the molecule is NC(N)=NC(=O)/C=C/c1cccs1. The van der Waals surface area contributed by atoms with Crippen molar-refractivity contribution < 1.29 is 4.79 Å². The Morgan fingerprint density at radius 1 is 1.54 bits per heavy atom. The Morgan fingerprint density at radius 2 is 2.31 bits per heavy atom. The molecule has 0 saturated heterocycles. The molecule has 1 aromatic rings. The number of aliphatic imine (C=N–C) groups is 1. The highest BCUT2D eigenvalue weighted by atomic mass is 32.1. The van der Waals surface area contributed by atoms with E-state index in [1.165, 1.54) is 17.4 Å². The van der Waals surface area contributed by atoms with Gasteiger partial charge in [0, 0.05) is 11.0 Å². The Bertz CT molecular complexity index is 336. The van der Waals surface area contributed by atoms with E-state index in [1.54, 1.807) is 6.08 Å². The Morgan fingerprint density at radius 3 is 2.85 bits per heavy atom. The Labute approximate surface area is 79.6 Å². The summed E-state index contributed by atoms with van der Waals surface area (Å²) in [6, 6.07) is 3.79. The fourth-order valence-electron chi connectivity index (χ4n) is 0.704. The van der Waals surface area contributed by atoms with E-state index in [-0.39, 0.29) is 5.96 Å². The molecule has 5 heteroatoms. The second-order valence-corrected chi connectivity index (χ2v) is 3.20. The standard InChI is InChI=1S/C8H9N3OS/c9-8(10)11-7(12)4-3-6-2-1-5-13-6/h1-5H,(H4,9,10,11,12)/b4-3+. The molecule has 0 radical (unpaired) electrons. The number of hydrogen-bond donors (Lipinski definition) is 2. The van der Waals surface area contributed by atoms with Crippen LogP contribution in [0.4, 0.5) is 0 Å². The van der Waals surface area contributed by atoms with E-state index in [9.17, 15) is 4.79 Å². The maximum atomic E-state index is 10.9. The highest BCUT2D eigenvalue weighted by molar-refractivity contribution is 7.10. The lowest BCUT2D eigenvalue weighted by atomic mass is 10.4. The number of hydrogen-bond acceptors (Lipinski definition) is 2. The summed E-state index contributed by atoms with van der Waals surface area (Å²) in [6.07, 6.45) is 2.99. The van der Waals surface area contributed by atoms with E-state index in [1.807, 2.05) is 17.5 Å². The van der Waals surface area contributed by atoms with Gasteiger partial charge in [-0.1, -0.05) is 6.07 Å². The monoisotopic (exact) mass is 195 g/mol. The summed E-state index contributed by atoms with van der Waals surface area (Å²) in [7, 11) is 0. The summed E-state index contributed by atoms with van der Waals surface area (Å²) < 4.78 is 0. The van der Waals surface area contributed by atoms with Crippen molar-refractivity contribution in [1.29, 1.82) is 0 Å². The largest absolute Gasteiger partial charge is 0.370 e. The van der Waals surface area contributed by atoms with Gasteiger partial charge in [0.2, 0.25) is 0 Å². The van der Waals surface area contributed by atoms with E-state index < -0.39 is 5.91 Å². The first-order chi connectivity index (χ1) is 6.18. The van der Waals surface area contributed by atoms with Gasteiger partial charge in [-0.15, -0.1) is 11.3 Å². The van der Waals surface area contributed by atoms with Crippen LogP contribution in [0.3, 0.4) is 0 Å². The van der Waals surface area contributed by atoms with Crippen molar-refractivity contribution >= 4 is 29.3 Å². The summed E-state index contributed by atoms with van der Waals surface area (Å²) >= 11 is 1.53. The minimum atomic E-state index is -0.451. The zero-order valence-corrected chi connectivity index (χ0v) is 7.62. The van der Waals surface area contributed by atoms with E-state index in [4.69, 9.17) is 11.5 Å². The summed E-state index contributed by atoms with van der Waals surface area (Å²) in [5.74, 6) is -0.672. The first kappa shape index (κ1) is 9.47. The van der Waals surface area contributed by atoms with Crippen LogP contribution in [0.25, 0.3) is 6.08 Å². The molecule has 0 saturated carbocycles. The molecule has 0 unspecified atom stereocenters. The zero-order valence-electron chi connectivity index (χ0n) is 6.81. The molecule has 4 N–H and O–H groups in total. The van der Waals surface area contributed by atoms with Gasteiger partial charge in [0.1, 0.15) is 0 Å². The number of rotatable bonds is 2. The predicted molar refractivity (Wildman–Crippen MR) is 54.2 cm³/mol. The minimum Gasteiger partial charge on any atom is -0.370 e. The maximum Gasteiger partial charge on any atom is 0.272 e. The molecular weight excluding hydrogens is 186 g/mol. The average molecular weight is 195 g/mol. The Hall–Kier alpha value is -1.62. The van der Waals surface area contributed by atoms with E-state index >= 15 is 0 Å². The fourth-order valence-corrected chi connectivity index (χ4v) is 1.32. The van der Waals surface area contributed by atoms with Crippen LogP contribution < -0.4 is 11.5 Å². The van der Waals surface area contributed by atoms with Gasteiger partial charge in [0.05, 0.1) is 0 Å². The number of amides is 1. The third kappa shape index (κ3) is 3.53. The highest BCUT2D eigenvalue weighted by Gasteiger charge is 1.92. The van der Waals surface area contributed by atoms with Gasteiger partial charge in [0.15, 0.2) is 5.96 Å². The van der Waals surface area contributed by atoms with Gasteiger partial charge in [-0.25, -0.2) is 0 Å². The number of nitrogens with two attached hydrogens (primary N) is 2. The molecule has 1 heterocycles. The number of carbonyl (C=O) groups excluding carboxylic acids is 1. The van der Waals surface area contributed by atoms with Crippen molar-refractivity contribution in [2.75, 3.05) is 0 Å². The van der Waals surface area contributed by atoms with Gasteiger partial charge in [-0.2, -0.15) is 4.99 Å². The fraction of sp³-hybridized carbons (Fsp3) is 0. The lowest BCUT2D eigenvalue weighted by molar-refractivity contribution is -0.113. The molecule has 0 aliphatic carbocycles. The van der Waals surface area contributed by atoms with Crippen LogP contribution in [-0.2, 0) is 4.79 Å². The van der Waals surface area contributed by atoms with Gasteiger partial charge in [-0.05, 0) is 17.5 Å². The van der Waals surface area contributed by atoms with E-state index in [2.05, 4.69) is 4.99 Å². The van der Waals surface area contributed by atoms with Crippen LogP contribution in [0.2, 0.25) is 0 Å². The molecular formula is C8H9N3OS. The second-order valence-electron chi connectivity index (χ2n) is 2.22. The molecule has 13 heavy (non-hydrogen) atoms. The average Bonchev–Trinajstić information content (AvgIpc) is 2.51. The van der Waals surface area contributed by atoms with Gasteiger partial charge < -0.3 is 11.5 Å². The first-order valence-corrected chi connectivity index (χ1v) is 4.41. The molecule has 0 aliphatic heterocycles. The van der Waals surface area contributed by atoms with Crippen molar-refractivity contribution in [3.05, 3.63) is 28.5 Å². The highest BCUT2D eigenvalue weighted by Crippen LogP contribution is 2.09. The quantitative estimate of drug-likeness (QED) is 0.411. The normalized spacial score (nSPS) is 10.2. The smallest absolute Gasteiger partial charge is 0.272 e. The van der Waals surface area contributed by atoms with Crippen LogP contribution >= 0.6 is 11.3 Å². The van der Waals surface area contributed by atoms with Crippen LogP contribution in [0.1, 0.15) is 4.88 Å². The predicted octanol–water partition coefficient (Wildman–Crippen LogP) is 0.561. The summed E-state index contributed by atoms with van der Waals surface area (Å²) in [5.41, 5.74) is 10.0. The molecule has 4 nitrogen and oxygen atoms in total. The van der Waals surface area contributed by atoms with Gasteiger partial charge >= 0.3 is 0 Å². The van der Waals surface area contributed by atoms with Crippen molar-refractivity contribution in [1.82, 2.24) is 0 Å². The molecule has 68 valence electrons. The summed E-state index contributed by atoms with van der Waals surface area (Å²) in [6.45, 7) is 0. The number of nitrogens with zero attached hydrogens (tertiary/aromatic N) is 1. The van der Waals surface area contributed by atoms with Gasteiger partial charge in [-0.3, -0.25) is 4.79 Å². The van der Waals surface area contributed by atoms with Gasteiger partial charge in [0.25, 0.3) is 5.91 Å². The lowest BCUT2D eigenvalue weighted by Crippen LogP contribution is -2.23. The zero-order chi connectivity index (χ0) is 9.68. The minimum absolute atomic E-state index is 0.221. The number of guanidine groups is 1. The topological polar surface area (TPSA) is 81.5 Å². The van der Waals surface area contributed by atoms with Crippen LogP contribution in [0.15, 0.2) is 28.6 Å². The second kappa shape index (κ2) is 4.42. The molecule has 0 spiro atoms. The molecule has 1 rings (SSSR count). The molecule has 0 atom stereocenters. The summed E-state index contributed by atoms with van der Waals surface area (Å²) in [4.78, 5) is 15.2. The number of thiophene rings is 1. The van der Waals surface area contributed by atoms with Crippen molar-refractivity contribution in [2.45, 2.75) is 0 Å². The van der Waals surface area contributed by atoms with Crippen LogP contribution in [-0.4, -0.2) is 11.9 Å². The van der Waals surface area contributed by atoms with Crippen LogP contribution in [0, 0.1) is 0 Å². The molecule has 1 amide bonds. The molecule has 0 aromatic carbocycles. The van der Waals surface area contributed by atoms with Crippen molar-refractivity contribution in [3.8, 4) is 0 Å². The van der Waals surface area contributed by atoms with Crippen molar-refractivity contribution in [3.63, 3.8) is 0 Å². The van der Waals surface area contributed by atoms with E-state index in [0.29, 0.717) is 0 Å². The molecule has 0 fully saturated rings. The van der Waals surface area contributed by atoms with Crippen molar-refractivity contribution in [2.24, 2.45) is 16.5 Å². The first-order valence-electron chi connectivity index (χ1n) is 3.53. The summed E-state index contributed by atoms with van der Waals surface area (Å²) in [5, 5.41) is 1.92. The molecule has 0 bridgehead atoms. The Kier molecular flexibility index (Phi) is 3.22. The maximum absolute atomic E-state index is 10.9.